The molecule has 0 saturated carbocycles. The summed E-state index contributed by atoms with van der Waals surface area (Å²) in [6, 6.07) is 1.71. The molecular weight excluding hydrogens is 221 g/mol. The minimum Gasteiger partial charge on any atom is -0.476 e. The molecule has 90 valence electrons. The van der Waals surface area contributed by atoms with Gasteiger partial charge in [0, 0.05) is 12.6 Å². The maximum atomic E-state index is 11.8. The van der Waals surface area contributed by atoms with Crippen molar-refractivity contribution < 1.29 is 17.9 Å². The van der Waals surface area contributed by atoms with Gasteiger partial charge in [-0.2, -0.15) is 13.2 Å². The number of pyridine rings is 1. The lowest BCUT2D eigenvalue weighted by Gasteiger charge is -2.10. The van der Waals surface area contributed by atoms with Gasteiger partial charge in [0.05, 0.1) is 12.3 Å². The molecule has 0 fully saturated rings. The van der Waals surface area contributed by atoms with Crippen molar-refractivity contribution in [2.24, 2.45) is 0 Å². The number of aromatic nitrogens is 1. The van der Waals surface area contributed by atoms with Crippen molar-refractivity contribution in [1.82, 2.24) is 4.98 Å². The van der Waals surface area contributed by atoms with Crippen molar-refractivity contribution in [3.05, 3.63) is 17.8 Å². The van der Waals surface area contributed by atoms with E-state index in [4.69, 9.17) is 10.5 Å². The summed E-state index contributed by atoms with van der Waals surface area (Å²) in [6.45, 7) is 1.74. The topological polar surface area (TPSA) is 48.1 Å². The van der Waals surface area contributed by atoms with Crippen LogP contribution < -0.4 is 10.5 Å². The number of halogens is 3. The zero-order valence-corrected chi connectivity index (χ0v) is 8.84. The molecule has 0 saturated heterocycles. The molecule has 1 rings (SSSR count). The highest BCUT2D eigenvalue weighted by Gasteiger charge is 2.26. The Hall–Kier alpha value is -1.46. The molecule has 0 amide bonds. The Kier molecular flexibility index (Phi) is 3.98. The Morgan fingerprint density at radius 1 is 1.44 bits per heavy atom. The molecule has 0 radical (unpaired) electrons. The van der Waals surface area contributed by atoms with Gasteiger partial charge in [-0.3, -0.25) is 0 Å². The van der Waals surface area contributed by atoms with Crippen LogP contribution in [0.3, 0.4) is 0 Å². The molecule has 1 aromatic heterocycles. The zero-order valence-electron chi connectivity index (χ0n) is 8.84. The Labute approximate surface area is 91.4 Å². The van der Waals surface area contributed by atoms with Crippen LogP contribution in [0, 0.1) is 6.92 Å². The first-order valence-corrected chi connectivity index (χ1v) is 4.81. The van der Waals surface area contributed by atoms with Crippen LogP contribution in [-0.2, 0) is 0 Å². The van der Waals surface area contributed by atoms with E-state index in [1.54, 1.807) is 13.0 Å². The molecule has 16 heavy (non-hydrogen) atoms. The van der Waals surface area contributed by atoms with Crippen molar-refractivity contribution in [2.75, 3.05) is 12.3 Å². The maximum absolute atomic E-state index is 11.8. The van der Waals surface area contributed by atoms with Crippen LogP contribution in [-0.4, -0.2) is 17.8 Å². The van der Waals surface area contributed by atoms with Crippen LogP contribution in [0.25, 0.3) is 0 Å². The van der Waals surface area contributed by atoms with Crippen molar-refractivity contribution in [2.45, 2.75) is 25.9 Å². The van der Waals surface area contributed by atoms with Crippen LogP contribution in [0.1, 0.15) is 18.4 Å². The fourth-order valence-electron chi connectivity index (χ4n) is 1.10. The minimum absolute atomic E-state index is 0.0415. The second-order valence-electron chi connectivity index (χ2n) is 3.41. The average Bonchev–Trinajstić information content (AvgIpc) is 2.17. The first-order chi connectivity index (χ1) is 7.40. The molecule has 1 heterocycles. The standard InChI is InChI=1S/C10H13F3N2O/c1-7-3-5-15-9(8(7)14)16-6-2-4-10(11,12)13/h3,5H,2,4,6,14H2,1H3. The van der Waals surface area contributed by atoms with Crippen molar-refractivity contribution in [3.63, 3.8) is 0 Å². The van der Waals surface area contributed by atoms with Crippen molar-refractivity contribution in [1.29, 1.82) is 0 Å². The number of nitrogens with two attached hydrogens (primary N) is 1. The van der Waals surface area contributed by atoms with Crippen LogP contribution >= 0.6 is 0 Å². The minimum atomic E-state index is -4.14. The first-order valence-electron chi connectivity index (χ1n) is 4.81. The predicted molar refractivity (Wildman–Crippen MR) is 54.2 cm³/mol. The molecule has 0 unspecified atom stereocenters. The predicted octanol–water partition coefficient (Wildman–Crippen LogP) is 2.69. The number of rotatable bonds is 4. The number of hydrogen-bond donors (Lipinski definition) is 1. The number of alkyl halides is 3. The fraction of sp³-hybridized carbons (Fsp3) is 0.500. The van der Waals surface area contributed by atoms with E-state index in [2.05, 4.69) is 4.98 Å². The van der Waals surface area contributed by atoms with Gasteiger partial charge in [0.25, 0.3) is 0 Å². The van der Waals surface area contributed by atoms with E-state index < -0.39 is 12.6 Å². The van der Waals surface area contributed by atoms with Crippen molar-refractivity contribution >= 4 is 5.69 Å². The molecule has 2 N–H and O–H groups in total. The molecule has 6 heteroatoms. The second-order valence-corrected chi connectivity index (χ2v) is 3.41. The first kappa shape index (κ1) is 12.6. The van der Waals surface area contributed by atoms with Crippen LogP contribution in [0.5, 0.6) is 5.88 Å². The zero-order chi connectivity index (χ0) is 12.2. The lowest BCUT2D eigenvalue weighted by Crippen LogP contribution is -2.10. The summed E-state index contributed by atoms with van der Waals surface area (Å²) in [5, 5.41) is 0. The monoisotopic (exact) mass is 234 g/mol. The van der Waals surface area contributed by atoms with Gasteiger partial charge in [0.1, 0.15) is 0 Å². The smallest absolute Gasteiger partial charge is 0.389 e. The van der Waals surface area contributed by atoms with E-state index in [9.17, 15) is 13.2 Å². The average molecular weight is 234 g/mol. The molecule has 0 aliphatic carbocycles. The van der Waals surface area contributed by atoms with E-state index in [0.29, 0.717) is 5.69 Å². The van der Waals surface area contributed by atoms with Gasteiger partial charge in [-0.15, -0.1) is 0 Å². The van der Waals surface area contributed by atoms with Gasteiger partial charge >= 0.3 is 6.18 Å². The molecule has 0 spiro atoms. The SMILES string of the molecule is Cc1ccnc(OCCCC(F)(F)F)c1N. The summed E-state index contributed by atoms with van der Waals surface area (Å²) in [4.78, 5) is 3.84. The Bertz CT molecular complexity index is 352. The summed E-state index contributed by atoms with van der Waals surface area (Å²) in [5.41, 5.74) is 6.80. The largest absolute Gasteiger partial charge is 0.476 e. The molecule has 0 aliphatic heterocycles. The Morgan fingerprint density at radius 3 is 2.75 bits per heavy atom. The van der Waals surface area contributed by atoms with Gasteiger partial charge in [-0.05, 0) is 25.0 Å². The molecule has 0 bridgehead atoms. The summed E-state index contributed by atoms with van der Waals surface area (Å²) >= 11 is 0. The third-order valence-corrected chi connectivity index (χ3v) is 2.01. The molecule has 0 atom stereocenters. The molecule has 0 aromatic carbocycles. The van der Waals surface area contributed by atoms with Gasteiger partial charge in [0.15, 0.2) is 0 Å². The highest BCUT2D eigenvalue weighted by Crippen LogP contribution is 2.23. The number of anilines is 1. The molecule has 0 aliphatic rings. The summed E-state index contributed by atoms with van der Waals surface area (Å²) < 4.78 is 40.6. The molecular formula is C10H13F3N2O. The number of nitrogens with zero attached hydrogens (tertiary/aromatic N) is 1. The van der Waals surface area contributed by atoms with Crippen LogP contribution in [0.4, 0.5) is 18.9 Å². The lowest BCUT2D eigenvalue weighted by molar-refractivity contribution is -0.136. The molecule has 3 nitrogen and oxygen atoms in total. The summed E-state index contributed by atoms with van der Waals surface area (Å²) in [6.07, 6.45) is -3.60. The summed E-state index contributed by atoms with van der Waals surface area (Å²) in [5.74, 6) is 0.196. The third-order valence-electron chi connectivity index (χ3n) is 2.01. The van der Waals surface area contributed by atoms with E-state index in [1.807, 2.05) is 0 Å². The Balaban J connectivity index is 2.41. The molecule has 1 aromatic rings. The van der Waals surface area contributed by atoms with E-state index >= 15 is 0 Å². The number of ether oxygens (including phenoxy) is 1. The quantitative estimate of drug-likeness (QED) is 0.815. The van der Waals surface area contributed by atoms with E-state index in [-0.39, 0.29) is 18.9 Å². The highest BCUT2D eigenvalue weighted by molar-refractivity contribution is 5.53. The van der Waals surface area contributed by atoms with Gasteiger partial charge in [0.2, 0.25) is 5.88 Å². The Morgan fingerprint density at radius 2 is 2.12 bits per heavy atom. The number of nitrogen functional groups attached to an aromatic ring is 1. The highest BCUT2D eigenvalue weighted by atomic mass is 19.4. The number of aryl methyl sites for hydroxylation is 1. The fourth-order valence-corrected chi connectivity index (χ4v) is 1.10. The van der Waals surface area contributed by atoms with E-state index in [0.717, 1.165) is 5.56 Å². The lowest BCUT2D eigenvalue weighted by atomic mass is 10.2. The van der Waals surface area contributed by atoms with Crippen molar-refractivity contribution in [3.8, 4) is 5.88 Å². The second kappa shape index (κ2) is 5.05. The van der Waals surface area contributed by atoms with Gasteiger partial charge in [-0.1, -0.05) is 0 Å². The van der Waals surface area contributed by atoms with Crippen LogP contribution in [0.15, 0.2) is 12.3 Å². The van der Waals surface area contributed by atoms with Gasteiger partial charge in [-0.25, -0.2) is 4.98 Å². The maximum Gasteiger partial charge on any atom is 0.389 e. The number of hydrogen-bond acceptors (Lipinski definition) is 3. The normalized spacial score (nSPS) is 11.5. The van der Waals surface area contributed by atoms with Crippen LogP contribution in [0.2, 0.25) is 0 Å². The summed E-state index contributed by atoms with van der Waals surface area (Å²) in [7, 11) is 0. The van der Waals surface area contributed by atoms with Gasteiger partial charge < -0.3 is 10.5 Å². The third kappa shape index (κ3) is 3.96. The van der Waals surface area contributed by atoms with E-state index in [1.165, 1.54) is 6.20 Å².